The molecule has 18 heavy (non-hydrogen) atoms. The molecule has 0 saturated carbocycles. The molecule has 1 fully saturated rings. The van der Waals surface area contributed by atoms with E-state index in [0.29, 0.717) is 12.6 Å². The summed E-state index contributed by atoms with van der Waals surface area (Å²) in [7, 11) is 1.76. The number of nitrogens with one attached hydrogen (secondary N) is 1. The summed E-state index contributed by atoms with van der Waals surface area (Å²) >= 11 is 0. The minimum absolute atomic E-state index is 0.235. The number of hydrogen-bond acceptors (Lipinski definition) is 4. The van der Waals surface area contributed by atoms with Crippen molar-refractivity contribution >= 4 is 5.91 Å². The van der Waals surface area contributed by atoms with Gasteiger partial charge in [0.1, 0.15) is 5.54 Å². The Balaban J connectivity index is 2.54. The second-order valence-electron chi connectivity index (χ2n) is 5.71. The fourth-order valence-corrected chi connectivity index (χ4v) is 2.58. The smallest absolute Gasteiger partial charge is 0.238 e. The zero-order chi connectivity index (χ0) is 13.8. The Bertz CT molecular complexity index is 275. The van der Waals surface area contributed by atoms with E-state index in [1.54, 1.807) is 7.11 Å². The molecule has 0 aromatic carbocycles. The molecule has 0 aromatic rings. The van der Waals surface area contributed by atoms with Gasteiger partial charge in [0, 0.05) is 32.8 Å². The van der Waals surface area contributed by atoms with Gasteiger partial charge in [-0.3, -0.25) is 4.79 Å². The fraction of sp³-hybridized carbons (Fsp3) is 0.923. The first-order valence-electron chi connectivity index (χ1n) is 6.70. The van der Waals surface area contributed by atoms with Gasteiger partial charge >= 0.3 is 0 Å². The Kier molecular flexibility index (Phi) is 5.56. The van der Waals surface area contributed by atoms with Gasteiger partial charge in [-0.2, -0.15) is 0 Å². The molecule has 0 aromatic heterocycles. The van der Waals surface area contributed by atoms with Gasteiger partial charge in [-0.15, -0.1) is 0 Å². The Morgan fingerprint density at radius 1 is 1.50 bits per heavy atom. The van der Waals surface area contributed by atoms with Crippen LogP contribution >= 0.6 is 0 Å². The lowest BCUT2D eigenvalue weighted by atomic mass is 9.97. The van der Waals surface area contributed by atoms with Gasteiger partial charge in [-0.25, -0.2) is 0 Å². The zero-order valence-corrected chi connectivity index (χ0v) is 12.0. The minimum atomic E-state index is -0.659. The summed E-state index contributed by atoms with van der Waals surface area (Å²) in [5, 5.41) is 3.28. The third-order valence-corrected chi connectivity index (χ3v) is 3.56. The minimum Gasteiger partial charge on any atom is -0.381 e. The van der Waals surface area contributed by atoms with Crippen LogP contribution in [0.2, 0.25) is 0 Å². The van der Waals surface area contributed by atoms with Crippen molar-refractivity contribution in [3.05, 3.63) is 0 Å². The molecule has 1 aliphatic rings. The molecular weight excluding hydrogens is 230 g/mol. The van der Waals surface area contributed by atoms with E-state index in [-0.39, 0.29) is 11.9 Å². The number of amides is 1. The normalized spacial score (nSPS) is 22.1. The van der Waals surface area contributed by atoms with Gasteiger partial charge in [-0.1, -0.05) is 0 Å². The molecule has 1 aliphatic heterocycles. The van der Waals surface area contributed by atoms with Crippen LogP contribution in [0.5, 0.6) is 0 Å². The summed E-state index contributed by atoms with van der Waals surface area (Å²) < 4.78 is 5.35. The maximum absolute atomic E-state index is 11.7. The van der Waals surface area contributed by atoms with Crippen molar-refractivity contribution in [2.45, 2.75) is 51.3 Å². The van der Waals surface area contributed by atoms with Crippen LogP contribution in [-0.2, 0) is 9.53 Å². The molecule has 0 spiro atoms. The summed E-state index contributed by atoms with van der Waals surface area (Å²) in [5.41, 5.74) is 4.88. The van der Waals surface area contributed by atoms with Gasteiger partial charge in [0.05, 0.1) is 6.10 Å². The molecule has 5 nitrogen and oxygen atoms in total. The number of nitrogens with two attached hydrogens (primary N) is 1. The number of rotatable bonds is 6. The number of primary amides is 1. The van der Waals surface area contributed by atoms with Gasteiger partial charge in [0.15, 0.2) is 0 Å². The lowest BCUT2D eigenvalue weighted by molar-refractivity contribution is -0.125. The van der Waals surface area contributed by atoms with Crippen LogP contribution in [-0.4, -0.2) is 55.2 Å². The largest absolute Gasteiger partial charge is 0.381 e. The fourth-order valence-electron chi connectivity index (χ4n) is 2.58. The van der Waals surface area contributed by atoms with Crippen molar-refractivity contribution in [3.63, 3.8) is 0 Å². The average Bonchev–Trinajstić information content (AvgIpc) is 2.28. The first-order valence-corrected chi connectivity index (χ1v) is 6.70. The molecule has 1 amide bonds. The molecule has 0 radical (unpaired) electrons. The lowest BCUT2D eigenvalue weighted by Crippen LogP contribution is -2.62. The van der Waals surface area contributed by atoms with E-state index in [4.69, 9.17) is 10.5 Å². The molecule has 106 valence electrons. The summed E-state index contributed by atoms with van der Waals surface area (Å²) in [6, 6.07) is 0.235. The second kappa shape index (κ2) is 6.50. The van der Waals surface area contributed by atoms with Crippen molar-refractivity contribution in [1.82, 2.24) is 10.2 Å². The lowest BCUT2D eigenvalue weighted by Gasteiger charge is -2.38. The molecule has 1 atom stereocenters. The van der Waals surface area contributed by atoms with Crippen molar-refractivity contribution in [2.24, 2.45) is 5.73 Å². The Labute approximate surface area is 110 Å². The SMILES string of the molecule is COC1CCN(CC(C)(NC(C)C)C(N)=O)CC1. The molecular formula is C13H27N3O2. The van der Waals surface area contributed by atoms with Crippen LogP contribution in [0.4, 0.5) is 0 Å². The van der Waals surface area contributed by atoms with Crippen LogP contribution < -0.4 is 11.1 Å². The van der Waals surface area contributed by atoms with Gasteiger partial charge in [0.25, 0.3) is 0 Å². The maximum Gasteiger partial charge on any atom is 0.238 e. The van der Waals surface area contributed by atoms with Crippen molar-refractivity contribution in [3.8, 4) is 0 Å². The molecule has 0 bridgehead atoms. The highest BCUT2D eigenvalue weighted by Crippen LogP contribution is 2.16. The van der Waals surface area contributed by atoms with E-state index in [1.165, 1.54) is 0 Å². The number of ether oxygens (including phenoxy) is 1. The van der Waals surface area contributed by atoms with E-state index in [0.717, 1.165) is 25.9 Å². The highest BCUT2D eigenvalue weighted by molar-refractivity contribution is 5.84. The van der Waals surface area contributed by atoms with E-state index in [9.17, 15) is 4.79 Å². The molecule has 1 rings (SSSR count). The predicted octanol–water partition coefficient (Wildman–Crippen LogP) is 0.339. The Morgan fingerprint density at radius 2 is 2.06 bits per heavy atom. The van der Waals surface area contributed by atoms with Crippen LogP contribution in [0.3, 0.4) is 0 Å². The number of hydrogen-bond donors (Lipinski definition) is 2. The molecule has 3 N–H and O–H groups in total. The number of carbonyl (C=O) groups excluding carboxylic acids is 1. The van der Waals surface area contributed by atoms with Crippen LogP contribution in [0.25, 0.3) is 0 Å². The highest BCUT2D eigenvalue weighted by Gasteiger charge is 2.34. The average molecular weight is 257 g/mol. The number of carbonyl (C=O) groups is 1. The predicted molar refractivity (Wildman–Crippen MR) is 72.3 cm³/mol. The van der Waals surface area contributed by atoms with Gasteiger partial charge in [-0.05, 0) is 33.6 Å². The van der Waals surface area contributed by atoms with E-state index in [1.807, 2.05) is 20.8 Å². The molecule has 1 heterocycles. The van der Waals surface area contributed by atoms with Gasteiger partial charge < -0.3 is 20.7 Å². The molecule has 0 aliphatic carbocycles. The summed E-state index contributed by atoms with van der Waals surface area (Å²) in [6.07, 6.45) is 2.40. The number of nitrogens with zero attached hydrogens (tertiary/aromatic N) is 1. The maximum atomic E-state index is 11.7. The molecule has 5 heteroatoms. The second-order valence-corrected chi connectivity index (χ2v) is 5.71. The number of piperidine rings is 1. The first kappa shape index (κ1) is 15.4. The first-order chi connectivity index (χ1) is 8.37. The Morgan fingerprint density at radius 3 is 2.44 bits per heavy atom. The quantitative estimate of drug-likeness (QED) is 0.720. The number of methoxy groups -OCH3 is 1. The number of likely N-dealkylation sites (tertiary alicyclic amines) is 1. The van der Waals surface area contributed by atoms with E-state index >= 15 is 0 Å². The third-order valence-electron chi connectivity index (χ3n) is 3.56. The van der Waals surface area contributed by atoms with Crippen molar-refractivity contribution in [2.75, 3.05) is 26.7 Å². The Hall–Kier alpha value is -0.650. The van der Waals surface area contributed by atoms with Crippen molar-refractivity contribution < 1.29 is 9.53 Å². The van der Waals surface area contributed by atoms with Gasteiger partial charge in [0.2, 0.25) is 5.91 Å². The van der Waals surface area contributed by atoms with E-state index < -0.39 is 5.54 Å². The monoisotopic (exact) mass is 257 g/mol. The summed E-state index contributed by atoms with van der Waals surface area (Å²) in [4.78, 5) is 13.9. The van der Waals surface area contributed by atoms with Crippen LogP contribution in [0.1, 0.15) is 33.6 Å². The van der Waals surface area contributed by atoms with E-state index in [2.05, 4.69) is 10.2 Å². The zero-order valence-electron chi connectivity index (χ0n) is 12.0. The van der Waals surface area contributed by atoms with Crippen LogP contribution in [0, 0.1) is 0 Å². The van der Waals surface area contributed by atoms with Crippen LogP contribution in [0.15, 0.2) is 0 Å². The van der Waals surface area contributed by atoms with Crippen molar-refractivity contribution in [1.29, 1.82) is 0 Å². The summed E-state index contributed by atoms with van der Waals surface area (Å²) in [6.45, 7) is 8.52. The topological polar surface area (TPSA) is 67.6 Å². The highest BCUT2D eigenvalue weighted by atomic mass is 16.5. The standard InChI is InChI=1S/C13H27N3O2/c1-10(2)15-13(3,12(14)17)9-16-7-5-11(18-4)6-8-16/h10-11,15H,5-9H2,1-4H3,(H2,14,17). The third kappa shape index (κ3) is 4.23. The molecule has 1 unspecified atom stereocenters. The summed E-state index contributed by atoms with van der Waals surface area (Å²) in [5.74, 6) is -0.287. The molecule has 1 saturated heterocycles.